The molecule has 0 aromatic heterocycles. The van der Waals surface area contributed by atoms with Crippen LogP contribution in [0.2, 0.25) is 5.02 Å². The number of anilines is 1. The number of halogens is 1. The maximum atomic E-state index is 12.5. The van der Waals surface area contributed by atoms with Crippen molar-refractivity contribution < 1.29 is 19.1 Å². The van der Waals surface area contributed by atoms with Crippen LogP contribution in [0.5, 0.6) is 5.75 Å². The summed E-state index contributed by atoms with van der Waals surface area (Å²) < 4.78 is 9.90. The number of methoxy groups -OCH3 is 2. The van der Waals surface area contributed by atoms with Crippen molar-refractivity contribution in [3.63, 3.8) is 0 Å². The van der Waals surface area contributed by atoms with Crippen molar-refractivity contribution in [2.24, 2.45) is 5.92 Å². The van der Waals surface area contributed by atoms with Crippen molar-refractivity contribution in [2.75, 3.05) is 19.5 Å². The molecule has 130 valence electrons. The van der Waals surface area contributed by atoms with Gasteiger partial charge in [0.15, 0.2) is 0 Å². The third-order valence-electron chi connectivity index (χ3n) is 4.32. The molecule has 2 unspecified atom stereocenters. The molecule has 0 heterocycles. The van der Waals surface area contributed by atoms with E-state index in [0.717, 1.165) is 12.0 Å². The Kier molecular flexibility index (Phi) is 4.95. The molecule has 2 aromatic carbocycles. The molecule has 1 fully saturated rings. The van der Waals surface area contributed by atoms with Crippen LogP contribution in [0.4, 0.5) is 5.69 Å². The van der Waals surface area contributed by atoms with Gasteiger partial charge in [-0.05, 0) is 42.2 Å². The molecule has 1 aliphatic rings. The number of hydrogen-bond donors (Lipinski definition) is 1. The summed E-state index contributed by atoms with van der Waals surface area (Å²) in [5, 5.41) is 3.49. The molecule has 0 spiro atoms. The average molecular weight is 360 g/mol. The van der Waals surface area contributed by atoms with Gasteiger partial charge < -0.3 is 14.8 Å². The quantitative estimate of drug-likeness (QED) is 0.823. The number of esters is 1. The lowest BCUT2D eigenvalue weighted by molar-refractivity contribution is -0.117. The molecule has 0 bridgehead atoms. The molecule has 3 rings (SSSR count). The lowest BCUT2D eigenvalue weighted by Crippen LogP contribution is -2.17. The molecule has 1 aliphatic carbocycles. The SMILES string of the molecule is COC(=O)c1cc(OC)ccc1NC(=O)C1CC1c1ccccc1Cl. The maximum absolute atomic E-state index is 12.5. The molecule has 5 nitrogen and oxygen atoms in total. The summed E-state index contributed by atoms with van der Waals surface area (Å²) in [7, 11) is 2.80. The zero-order valence-corrected chi connectivity index (χ0v) is 14.7. The van der Waals surface area contributed by atoms with E-state index in [1.807, 2.05) is 24.3 Å². The first-order valence-electron chi connectivity index (χ1n) is 7.86. The summed E-state index contributed by atoms with van der Waals surface area (Å²) in [6.45, 7) is 0. The monoisotopic (exact) mass is 359 g/mol. The van der Waals surface area contributed by atoms with Gasteiger partial charge in [0.05, 0.1) is 25.5 Å². The summed E-state index contributed by atoms with van der Waals surface area (Å²) >= 11 is 6.20. The number of carbonyl (C=O) groups excluding carboxylic acids is 2. The van der Waals surface area contributed by atoms with Crippen LogP contribution in [0.15, 0.2) is 42.5 Å². The smallest absolute Gasteiger partial charge is 0.340 e. The van der Waals surface area contributed by atoms with Crippen molar-refractivity contribution >= 4 is 29.2 Å². The standard InChI is InChI=1S/C19H18ClNO4/c1-24-11-7-8-17(15(9-11)19(23)25-2)21-18(22)14-10-13(14)12-5-3-4-6-16(12)20/h3-9,13-14H,10H2,1-2H3,(H,21,22). The van der Waals surface area contributed by atoms with Crippen LogP contribution >= 0.6 is 11.6 Å². The lowest BCUT2D eigenvalue weighted by atomic mass is 10.1. The van der Waals surface area contributed by atoms with E-state index in [-0.39, 0.29) is 23.3 Å². The van der Waals surface area contributed by atoms with E-state index in [2.05, 4.69) is 5.32 Å². The third-order valence-corrected chi connectivity index (χ3v) is 4.67. The van der Waals surface area contributed by atoms with Crippen molar-refractivity contribution in [2.45, 2.75) is 12.3 Å². The van der Waals surface area contributed by atoms with Gasteiger partial charge >= 0.3 is 5.97 Å². The van der Waals surface area contributed by atoms with Gasteiger partial charge in [0, 0.05) is 10.9 Å². The van der Waals surface area contributed by atoms with Gasteiger partial charge in [-0.1, -0.05) is 29.8 Å². The molecule has 2 atom stereocenters. The van der Waals surface area contributed by atoms with Crippen LogP contribution in [0.3, 0.4) is 0 Å². The first-order valence-corrected chi connectivity index (χ1v) is 8.24. The highest BCUT2D eigenvalue weighted by Crippen LogP contribution is 2.50. The predicted octanol–water partition coefficient (Wildman–Crippen LogP) is 3.88. The highest BCUT2D eigenvalue weighted by atomic mass is 35.5. The molecule has 25 heavy (non-hydrogen) atoms. The normalized spacial score (nSPS) is 18.4. The molecule has 0 radical (unpaired) electrons. The Hall–Kier alpha value is -2.53. The van der Waals surface area contributed by atoms with Crippen molar-refractivity contribution in [1.82, 2.24) is 0 Å². The van der Waals surface area contributed by atoms with Gasteiger partial charge in [0.2, 0.25) is 5.91 Å². The topological polar surface area (TPSA) is 64.6 Å². The minimum atomic E-state index is -0.535. The summed E-state index contributed by atoms with van der Waals surface area (Å²) in [5.41, 5.74) is 1.64. The van der Waals surface area contributed by atoms with Crippen molar-refractivity contribution in [3.8, 4) is 5.75 Å². The van der Waals surface area contributed by atoms with Crippen LogP contribution in [-0.4, -0.2) is 26.1 Å². The zero-order valence-electron chi connectivity index (χ0n) is 13.9. The van der Waals surface area contributed by atoms with Gasteiger partial charge in [-0.3, -0.25) is 4.79 Å². The van der Waals surface area contributed by atoms with E-state index in [9.17, 15) is 9.59 Å². The molecule has 1 amide bonds. The molecule has 1 saturated carbocycles. The highest BCUT2D eigenvalue weighted by Gasteiger charge is 2.45. The Morgan fingerprint density at radius 1 is 1.16 bits per heavy atom. The molecule has 1 N–H and O–H groups in total. The van der Waals surface area contributed by atoms with Crippen LogP contribution in [0.1, 0.15) is 28.3 Å². The lowest BCUT2D eigenvalue weighted by Gasteiger charge is -2.11. The molecule has 2 aromatic rings. The van der Waals surface area contributed by atoms with Crippen LogP contribution in [-0.2, 0) is 9.53 Å². The summed E-state index contributed by atoms with van der Waals surface area (Å²) in [6.07, 6.45) is 0.735. The minimum absolute atomic E-state index is 0.105. The van der Waals surface area contributed by atoms with E-state index < -0.39 is 5.97 Å². The van der Waals surface area contributed by atoms with E-state index in [1.54, 1.807) is 18.2 Å². The van der Waals surface area contributed by atoms with E-state index >= 15 is 0 Å². The molecular formula is C19H18ClNO4. The average Bonchev–Trinajstić information content (AvgIpc) is 3.42. The Morgan fingerprint density at radius 2 is 1.92 bits per heavy atom. The highest BCUT2D eigenvalue weighted by molar-refractivity contribution is 6.31. The molecular weight excluding hydrogens is 342 g/mol. The summed E-state index contributed by atoms with van der Waals surface area (Å²) in [5.74, 6) is -0.215. The fraction of sp³-hybridized carbons (Fsp3) is 0.263. The number of carbonyl (C=O) groups is 2. The number of hydrogen-bond acceptors (Lipinski definition) is 4. The van der Waals surface area contributed by atoms with Crippen LogP contribution in [0.25, 0.3) is 0 Å². The zero-order chi connectivity index (χ0) is 18.0. The van der Waals surface area contributed by atoms with E-state index in [0.29, 0.717) is 16.5 Å². The predicted molar refractivity (Wildman–Crippen MR) is 95.3 cm³/mol. The van der Waals surface area contributed by atoms with Gasteiger partial charge in [0.25, 0.3) is 0 Å². The minimum Gasteiger partial charge on any atom is -0.497 e. The van der Waals surface area contributed by atoms with Crippen molar-refractivity contribution in [3.05, 3.63) is 58.6 Å². The largest absolute Gasteiger partial charge is 0.497 e. The van der Waals surface area contributed by atoms with Gasteiger partial charge in [-0.2, -0.15) is 0 Å². The van der Waals surface area contributed by atoms with E-state index in [1.165, 1.54) is 14.2 Å². The fourth-order valence-corrected chi connectivity index (χ4v) is 3.14. The Bertz CT molecular complexity index is 821. The van der Waals surface area contributed by atoms with E-state index in [4.69, 9.17) is 21.1 Å². The number of amides is 1. The summed E-state index contributed by atoms with van der Waals surface area (Å²) in [4.78, 5) is 24.5. The second kappa shape index (κ2) is 7.15. The first-order chi connectivity index (χ1) is 12.0. The maximum Gasteiger partial charge on any atom is 0.340 e. The fourth-order valence-electron chi connectivity index (χ4n) is 2.87. The second-order valence-corrected chi connectivity index (χ2v) is 6.27. The number of benzene rings is 2. The Labute approximate surface area is 150 Å². The Morgan fingerprint density at radius 3 is 2.60 bits per heavy atom. The molecule has 6 heteroatoms. The third kappa shape index (κ3) is 3.61. The van der Waals surface area contributed by atoms with Gasteiger partial charge in [-0.25, -0.2) is 4.79 Å². The number of ether oxygens (including phenoxy) is 2. The number of nitrogens with one attached hydrogen (secondary N) is 1. The first kappa shape index (κ1) is 17.3. The second-order valence-electron chi connectivity index (χ2n) is 5.86. The molecule has 0 aliphatic heterocycles. The Balaban J connectivity index is 1.76. The van der Waals surface area contributed by atoms with Crippen LogP contribution < -0.4 is 10.1 Å². The van der Waals surface area contributed by atoms with Gasteiger partial charge in [-0.15, -0.1) is 0 Å². The van der Waals surface area contributed by atoms with Crippen molar-refractivity contribution in [1.29, 1.82) is 0 Å². The molecule has 0 saturated heterocycles. The van der Waals surface area contributed by atoms with Gasteiger partial charge in [0.1, 0.15) is 5.75 Å². The number of rotatable bonds is 5. The summed E-state index contributed by atoms with van der Waals surface area (Å²) in [6, 6.07) is 12.4. The van der Waals surface area contributed by atoms with Crippen LogP contribution in [0, 0.1) is 5.92 Å².